The fourth-order valence-corrected chi connectivity index (χ4v) is 2.03. The largest absolute Gasteiger partial charge is 0.325 e. The lowest BCUT2D eigenvalue weighted by molar-refractivity contribution is -0.127. The van der Waals surface area contributed by atoms with Gasteiger partial charge in [-0.1, -0.05) is 30.3 Å². The van der Waals surface area contributed by atoms with E-state index in [1.807, 2.05) is 30.3 Å². The number of amides is 3. The monoisotopic (exact) mass is 252 g/mol. The Bertz CT molecular complexity index is 422. The molecule has 0 saturated carbocycles. The molecule has 1 unspecified atom stereocenters. The molecule has 0 spiro atoms. The number of nitrogens with one attached hydrogen (secondary N) is 1. The van der Waals surface area contributed by atoms with Crippen molar-refractivity contribution in [3.8, 4) is 0 Å². The fourth-order valence-electron chi connectivity index (χ4n) is 1.86. The number of benzene rings is 1. The maximum Gasteiger partial charge on any atom is 0.324 e. The van der Waals surface area contributed by atoms with E-state index < -0.39 is 6.04 Å². The number of carbonyl (C=O) groups is 2. The first kappa shape index (κ1) is 11.9. The molecule has 1 heterocycles. The van der Waals surface area contributed by atoms with Crippen LogP contribution in [0.4, 0.5) is 4.79 Å². The number of nitrogens with zero attached hydrogens (tertiary/aromatic N) is 1. The second-order valence-corrected chi connectivity index (χ2v) is 4.25. The third-order valence-electron chi connectivity index (χ3n) is 2.70. The number of halogens is 1. The summed E-state index contributed by atoms with van der Waals surface area (Å²) in [6.07, 6.45) is 0.518. The summed E-state index contributed by atoms with van der Waals surface area (Å²) in [5.74, 6) is 0.0662. The van der Waals surface area contributed by atoms with E-state index >= 15 is 0 Å². The van der Waals surface area contributed by atoms with Gasteiger partial charge >= 0.3 is 6.03 Å². The Morgan fingerprint density at radius 2 is 1.94 bits per heavy atom. The van der Waals surface area contributed by atoms with Crippen LogP contribution in [0.3, 0.4) is 0 Å². The van der Waals surface area contributed by atoms with Crippen LogP contribution in [-0.4, -0.2) is 35.3 Å². The molecule has 0 radical (unpaired) electrons. The van der Waals surface area contributed by atoms with E-state index in [9.17, 15) is 9.59 Å². The predicted octanol–water partition coefficient (Wildman–Crippen LogP) is 1.39. The van der Waals surface area contributed by atoms with Crippen molar-refractivity contribution in [2.24, 2.45) is 0 Å². The number of alkyl halides is 1. The molecule has 3 amide bonds. The van der Waals surface area contributed by atoms with Gasteiger partial charge in [0.15, 0.2) is 0 Å². The van der Waals surface area contributed by atoms with Crippen LogP contribution in [0.5, 0.6) is 0 Å². The van der Waals surface area contributed by atoms with Crippen molar-refractivity contribution in [1.82, 2.24) is 10.2 Å². The van der Waals surface area contributed by atoms with Gasteiger partial charge in [0.2, 0.25) is 0 Å². The molecule has 0 aromatic heterocycles. The lowest BCUT2D eigenvalue weighted by Gasteiger charge is -2.10. The number of hydrogen-bond acceptors (Lipinski definition) is 2. The zero-order valence-electron chi connectivity index (χ0n) is 9.23. The topological polar surface area (TPSA) is 49.4 Å². The Morgan fingerprint density at radius 1 is 1.24 bits per heavy atom. The van der Waals surface area contributed by atoms with Gasteiger partial charge in [0.1, 0.15) is 6.04 Å². The molecule has 1 N–H and O–H groups in total. The van der Waals surface area contributed by atoms with E-state index in [0.717, 1.165) is 5.56 Å². The van der Waals surface area contributed by atoms with Crippen LogP contribution in [0.2, 0.25) is 0 Å². The van der Waals surface area contributed by atoms with Crippen molar-refractivity contribution in [3.05, 3.63) is 35.9 Å². The minimum atomic E-state index is -0.465. The number of hydrogen-bond donors (Lipinski definition) is 1. The van der Waals surface area contributed by atoms with Gasteiger partial charge in [-0.3, -0.25) is 9.69 Å². The summed E-state index contributed by atoms with van der Waals surface area (Å²) in [5, 5.41) is 2.67. The predicted molar refractivity (Wildman–Crippen MR) is 64.9 cm³/mol. The first-order valence-corrected chi connectivity index (χ1v) is 5.97. The molecule has 0 bridgehead atoms. The third kappa shape index (κ3) is 2.58. The fraction of sp³-hybridized carbons (Fsp3) is 0.333. The molecule has 1 fully saturated rings. The van der Waals surface area contributed by atoms with E-state index in [1.165, 1.54) is 4.90 Å². The Kier molecular flexibility index (Phi) is 3.64. The second kappa shape index (κ2) is 5.19. The van der Waals surface area contributed by atoms with Crippen molar-refractivity contribution < 1.29 is 9.59 Å². The average Bonchev–Trinajstić information content (AvgIpc) is 2.59. The summed E-state index contributed by atoms with van der Waals surface area (Å²) in [6, 6.07) is 8.79. The van der Waals surface area contributed by atoms with Crippen LogP contribution in [0.1, 0.15) is 5.56 Å². The van der Waals surface area contributed by atoms with Crippen LogP contribution in [0.15, 0.2) is 30.3 Å². The molecule has 1 aromatic rings. The third-order valence-corrected chi connectivity index (χ3v) is 2.87. The minimum Gasteiger partial charge on any atom is -0.325 e. The van der Waals surface area contributed by atoms with Gasteiger partial charge in [-0.2, -0.15) is 0 Å². The number of urea groups is 1. The normalized spacial score (nSPS) is 19.6. The summed E-state index contributed by atoms with van der Waals surface area (Å²) < 4.78 is 0. The molecule has 1 aliphatic rings. The highest BCUT2D eigenvalue weighted by Crippen LogP contribution is 2.11. The molecule has 1 saturated heterocycles. The molecule has 17 heavy (non-hydrogen) atoms. The van der Waals surface area contributed by atoms with E-state index in [2.05, 4.69) is 5.32 Å². The summed E-state index contributed by atoms with van der Waals surface area (Å²) in [6.45, 7) is 0.261. The van der Waals surface area contributed by atoms with E-state index in [4.69, 9.17) is 11.6 Å². The van der Waals surface area contributed by atoms with E-state index in [-0.39, 0.29) is 24.4 Å². The number of imide groups is 1. The lowest BCUT2D eigenvalue weighted by Crippen LogP contribution is -2.33. The Balaban J connectivity index is 2.04. The molecule has 1 aromatic carbocycles. The molecular formula is C12H13ClN2O2. The Hall–Kier alpha value is -1.55. The SMILES string of the molecule is O=C1NC(Cc2ccccc2)C(=O)N1CCCl. The van der Waals surface area contributed by atoms with Crippen LogP contribution in [0.25, 0.3) is 0 Å². The first-order chi connectivity index (χ1) is 8.22. The highest BCUT2D eigenvalue weighted by Gasteiger charge is 2.37. The quantitative estimate of drug-likeness (QED) is 0.650. The maximum atomic E-state index is 11.9. The number of rotatable bonds is 4. The molecule has 4 nitrogen and oxygen atoms in total. The second-order valence-electron chi connectivity index (χ2n) is 3.87. The maximum absolute atomic E-state index is 11.9. The molecule has 5 heteroatoms. The molecule has 1 aliphatic heterocycles. The lowest BCUT2D eigenvalue weighted by atomic mass is 10.1. The van der Waals surface area contributed by atoms with Crippen molar-refractivity contribution in [1.29, 1.82) is 0 Å². The highest BCUT2D eigenvalue weighted by atomic mass is 35.5. The first-order valence-electron chi connectivity index (χ1n) is 5.44. The van der Waals surface area contributed by atoms with Gasteiger partial charge in [-0.25, -0.2) is 4.79 Å². The van der Waals surface area contributed by atoms with Crippen LogP contribution in [0, 0.1) is 0 Å². The van der Waals surface area contributed by atoms with Crippen molar-refractivity contribution >= 4 is 23.5 Å². The van der Waals surface area contributed by atoms with Gasteiger partial charge in [-0.05, 0) is 5.56 Å². The standard InChI is InChI=1S/C12H13ClN2O2/c13-6-7-15-11(16)10(14-12(15)17)8-9-4-2-1-3-5-9/h1-5,10H,6-8H2,(H,14,17). The van der Waals surface area contributed by atoms with Crippen LogP contribution < -0.4 is 5.32 Å². The molecular weight excluding hydrogens is 240 g/mol. The van der Waals surface area contributed by atoms with Gasteiger partial charge in [0.25, 0.3) is 5.91 Å². The smallest absolute Gasteiger partial charge is 0.324 e. The van der Waals surface area contributed by atoms with Crippen molar-refractivity contribution in [2.45, 2.75) is 12.5 Å². The summed E-state index contributed by atoms with van der Waals surface area (Å²) in [4.78, 5) is 24.6. The van der Waals surface area contributed by atoms with Gasteiger partial charge in [-0.15, -0.1) is 11.6 Å². The van der Waals surface area contributed by atoms with Gasteiger partial charge in [0.05, 0.1) is 0 Å². The molecule has 1 atom stereocenters. The zero-order valence-corrected chi connectivity index (χ0v) is 9.98. The summed E-state index contributed by atoms with van der Waals surface area (Å²) in [5.41, 5.74) is 1.03. The van der Waals surface area contributed by atoms with E-state index in [0.29, 0.717) is 6.42 Å². The van der Waals surface area contributed by atoms with Crippen molar-refractivity contribution in [2.75, 3.05) is 12.4 Å². The average molecular weight is 253 g/mol. The Labute approximate surface area is 105 Å². The molecule has 90 valence electrons. The highest BCUT2D eigenvalue weighted by molar-refractivity contribution is 6.18. The number of carbonyl (C=O) groups excluding carboxylic acids is 2. The minimum absolute atomic E-state index is 0.195. The van der Waals surface area contributed by atoms with Crippen LogP contribution in [-0.2, 0) is 11.2 Å². The Morgan fingerprint density at radius 3 is 2.59 bits per heavy atom. The van der Waals surface area contributed by atoms with E-state index in [1.54, 1.807) is 0 Å². The molecule has 0 aliphatic carbocycles. The van der Waals surface area contributed by atoms with Gasteiger partial charge < -0.3 is 5.32 Å². The summed E-state index contributed by atoms with van der Waals surface area (Å²) in [7, 11) is 0. The van der Waals surface area contributed by atoms with Crippen molar-refractivity contribution in [3.63, 3.8) is 0 Å². The van der Waals surface area contributed by atoms with Gasteiger partial charge in [0, 0.05) is 18.8 Å². The summed E-state index contributed by atoms with van der Waals surface area (Å²) >= 11 is 5.55. The molecule has 2 rings (SSSR count). The van der Waals surface area contributed by atoms with Crippen LogP contribution >= 0.6 is 11.6 Å². The zero-order chi connectivity index (χ0) is 12.3.